The molecule has 0 bridgehead atoms. The van der Waals surface area contributed by atoms with Crippen molar-refractivity contribution in [3.05, 3.63) is 12.7 Å². The second kappa shape index (κ2) is 8.81. The Kier molecular flexibility index (Phi) is 7.58. The summed E-state index contributed by atoms with van der Waals surface area (Å²) in [5.74, 6) is 0. The van der Waals surface area contributed by atoms with Crippen molar-refractivity contribution in [2.75, 3.05) is 0 Å². The summed E-state index contributed by atoms with van der Waals surface area (Å²) in [6.07, 6.45) is 15.8. The molecule has 1 rings (SSSR count). The lowest BCUT2D eigenvalue weighted by Crippen LogP contribution is -2.38. The largest absolute Gasteiger partial charge is 0.308 e. The summed E-state index contributed by atoms with van der Waals surface area (Å²) in [4.78, 5) is 0. The molecule has 0 aliphatic heterocycles. The van der Waals surface area contributed by atoms with Crippen molar-refractivity contribution in [2.24, 2.45) is 0 Å². The Morgan fingerprint density at radius 2 is 1.94 bits per heavy atom. The molecule has 0 heterocycles. The van der Waals surface area contributed by atoms with E-state index < -0.39 is 0 Å². The highest BCUT2D eigenvalue weighted by atomic mass is 14.9. The van der Waals surface area contributed by atoms with E-state index in [9.17, 15) is 0 Å². The van der Waals surface area contributed by atoms with E-state index in [1.165, 1.54) is 64.2 Å². The van der Waals surface area contributed by atoms with Crippen LogP contribution in [0.25, 0.3) is 0 Å². The molecule has 0 aromatic carbocycles. The van der Waals surface area contributed by atoms with Crippen molar-refractivity contribution in [2.45, 2.75) is 83.2 Å². The standard InChI is InChI=1S/C15H29N/c1-3-5-6-8-11-14(4-2)16-15-12-9-7-10-13-15/h4,14-16H,2-3,5-13H2,1H3. The van der Waals surface area contributed by atoms with E-state index >= 15 is 0 Å². The van der Waals surface area contributed by atoms with Gasteiger partial charge < -0.3 is 5.32 Å². The molecule has 1 N–H and O–H groups in total. The van der Waals surface area contributed by atoms with Crippen molar-refractivity contribution in [1.82, 2.24) is 5.32 Å². The molecule has 1 saturated carbocycles. The van der Waals surface area contributed by atoms with Gasteiger partial charge >= 0.3 is 0 Å². The van der Waals surface area contributed by atoms with Crippen LogP contribution in [0.5, 0.6) is 0 Å². The first-order chi connectivity index (χ1) is 7.86. The van der Waals surface area contributed by atoms with Crippen molar-refractivity contribution >= 4 is 0 Å². The third-order valence-corrected chi connectivity index (χ3v) is 3.71. The highest BCUT2D eigenvalue weighted by molar-refractivity contribution is 4.88. The summed E-state index contributed by atoms with van der Waals surface area (Å²) >= 11 is 0. The minimum atomic E-state index is 0.556. The van der Waals surface area contributed by atoms with Crippen LogP contribution in [0.1, 0.15) is 71.1 Å². The van der Waals surface area contributed by atoms with E-state index in [1.807, 2.05) is 0 Å². The van der Waals surface area contributed by atoms with Gasteiger partial charge in [-0.2, -0.15) is 0 Å². The van der Waals surface area contributed by atoms with Crippen molar-refractivity contribution in [1.29, 1.82) is 0 Å². The Labute approximate surface area is 102 Å². The number of rotatable bonds is 8. The van der Waals surface area contributed by atoms with Gasteiger partial charge in [-0.05, 0) is 19.3 Å². The number of hydrogen-bond acceptors (Lipinski definition) is 1. The lowest BCUT2D eigenvalue weighted by atomic mass is 9.94. The van der Waals surface area contributed by atoms with E-state index in [-0.39, 0.29) is 0 Å². The van der Waals surface area contributed by atoms with Gasteiger partial charge in [0.1, 0.15) is 0 Å². The maximum absolute atomic E-state index is 3.96. The van der Waals surface area contributed by atoms with Crippen LogP contribution in [0.4, 0.5) is 0 Å². The molecule has 1 aliphatic rings. The molecule has 0 amide bonds. The Morgan fingerprint density at radius 1 is 1.19 bits per heavy atom. The molecule has 0 spiro atoms. The highest BCUT2D eigenvalue weighted by Gasteiger charge is 2.15. The van der Waals surface area contributed by atoms with E-state index in [2.05, 4.69) is 24.9 Å². The molecule has 0 saturated heterocycles. The van der Waals surface area contributed by atoms with Crippen LogP contribution in [-0.4, -0.2) is 12.1 Å². The van der Waals surface area contributed by atoms with Gasteiger partial charge in [-0.15, -0.1) is 6.58 Å². The molecule has 1 heteroatoms. The van der Waals surface area contributed by atoms with Crippen LogP contribution in [0, 0.1) is 0 Å². The van der Waals surface area contributed by atoms with E-state index in [1.54, 1.807) is 0 Å². The number of hydrogen-bond donors (Lipinski definition) is 1. The van der Waals surface area contributed by atoms with Crippen LogP contribution >= 0.6 is 0 Å². The zero-order valence-electron chi connectivity index (χ0n) is 11.0. The average molecular weight is 223 g/mol. The summed E-state index contributed by atoms with van der Waals surface area (Å²) in [5.41, 5.74) is 0. The summed E-state index contributed by atoms with van der Waals surface area (Å²) in [5, 5.41) is 3.76. The molecule has 1 fully saturated rings. The predicted octanol–water partition coefficient (Wildman–Crippen LogP) is 4.43. The van der Waals surface area contributed by atoms with E-state index in [0.29, 0.717) is 6.04 Å². The SMILES string of the molecule is C=CC(CCCCCC)NC1CCCCC1. The Balaban J connectivity index is 2.12. The first kappa shape index (κ1) is 13.8. The van der Waals surface area contributed by atoms with Gasteiger partial charge in [0, 0.05) is 12.1 Å². The molecule has 1 aliphatic carbocycles. The van der Waals surface area contributed by atoms with Crippen molar-refractivity contribution < 1.29 is 0 Å². The quantitative estimate of drug-likeness (QED) is 0.474. The molecule has 1 atom stereocenters. The van der Waals surface area contributed by atoms with Gasteiger partial charge in [0.2, 0.25) is 0 Å². The maximum atomic E-state index is 3.96. The Morgan fingerprint density at radius 3 is 2.56 bits per heavy atom. The molecular weight excluding hydrogens is 194 g/mol. The van der Waals surface area contributed by atoms with Crippen LogP contribution in [0.3, 0.4) is 0 Å². The van der Waals surface area contributed by atoms with Gasteiger partial charge in [0.25, 0.3) is 0 Å². The van der Waals surface area contributed by atoms with Crippen LogP contribution in [-0.2, 0) is 0 Å². The summed E-state index contributed by atoms with van der Waals surface area (Å²) in [7, 11) is 0. The zero-order valence-corrected chi connectivity index (χ0v) is 11.0. The minimum Gasteiger partial charge on any atom is -0.308 e. The van der Waals surface area contributed by atoms with Crippen LogP contribution in [0.15, 0.2) is 12.7 Å². The molecule has 1 nitrogen and oxygen atoms in total. The third-order valence-electron chi connectivity index (χ3n) is 3.71. The topological polar surface area (TPSA) is 12.0 Å². The monoisotopic (exact) mass is 223 g/mol. The molecule has 0 aromatic heterocycles. The van der Waals surface area contributed by atoms with Gasteiger partial charge in [0.15, 0.2) is 0 Å². The van der Waals surface area contributed by atoms with Crippen molar-refractivity contribution in [3.63, 3.8) is 0 Å². The summed E-state index contributed by atoms with van der Waals surface area (Å²) in [6, 6.07) is 1.32. The van der Waals surface area contributed by atoms with E-state index in [4.69, 9.17) is 0 Å². The third kappa shape index (κ3) is 5.69. The normalized spacial score (nSPS) is 19.6. The first-order valence-corrected chi connectivity index (χ1v) is 7.25. The highest BCUT2D eigenvalue weighted by Crippen LogP contribution is 2.18. The first-order valence-electron chi connectivity index (χ1n) is 7.25. The van der Waals surface area contributed by atoms with Crippen LogP contribution < -0.4 is 5.32 Å². The van der Waals surface area contributed by atoms with E-state index in [0.717, 1.165) is 6.04 Å². The van der Waals surface area contributed by atoms with Gasteiger partial charge in [-0.1, -0.05) is 57.9 Å². The fraction of sp³-hybridized carbons (Fsp3) is 0.867. The lowest BCUT2D eigenvalue weighted by molar-refractivity contribution is 0.345. The van der Waals surface area contributed by atoms with Gasteiger partial charge in [-0.3, -0.25) is 0 Å². The number of nitrogens with one attached hydrogen (secondary N) is 1. The van der Waals surface area contributed by atoms with Crippen molar-refractivity contribution in [3.8, 4) is 0 Å². The fourth-order valence-corrected chi connectivity index (χ4v) is 2.63. The summed E-state index contributed by atoms with van der Waals surface area (Å²) < 4.78 is 0. The lowest BCUT2D eigenvalue weighted by Gasteiger charge is -2.27. The van der Waals surface area contributed by atoms with Gasteiger partial charge in [-0.25, -0.2) is 0 Å². The summed E-state index contributed by atoms with van der Waals surface area (Å²) in [6.45, 7) is 6.23. The number of unbranched alkanes of at least 4 members (excludes halogenated alkanes) is 3. The zero-order chi connectivity index (χ0) is 11.6. The molecule has 16 heavy (non-hydrogen) atoms. The second-order valence-corrected chi connectivity index (χ2v) is 5.19. The minimum absolute atomic E-state index is 0.556. The molecular formula is C15H29N. The molecule has 0 radical (unpaired) electrons. The Hall–Kier alpha value is -0.300. The molecule has 1 unspecified atom stereocenters. The van der Waals surface area contributed by atoms with Crippen LogP contribution in [0.2, 0.25) is 0 Å². The second-order valence-electron chi connectivity index (χ2n) is 5.19. The molecule has 94 valence electrons. The fourth-order valence-electron chi connectivity index (χ4n) is 2.63. The molecule has 0 aromatic rings. The smallest absolute Gasteiger partial charge is 0.0249 e. The average Bonchev–Trinajstić information content (AvgIpc) is 2.34. The Bertz CT molecular complexity index is 170. The van der Waals surface area contributed by atoms with Gasteiger partial charge in [0.05, 0.1) is 0 Å². The predicted molar refractivity (Wildman–Crippen MR) is 72.8 cm³/mol. The maximum Gasteiger partial charge on any atom is 0.0249 e.